The van der Waals surface area contributed by atoms with Gasteiger partial charge in [-0.05, 0) is 26.2 Å². The van der Waals surface area contributed by atoms with Crippen molar-refractivity contribution in [1.29, 1.82) is 0 Å². The molecule has 2 unspecified atom stereocenters. The summed E-state index contributed by atoms with van der Waals surface area (Å²) in [5, 5.41) is 6.71. The van der Waals surface area contributed by atoms with Crippen molar-refractivity contribution in [2.24, 2.45) is 10.4 Å². The van der Waals surface area contributed by atoms with Crippen LogP contribution in [0.2, 0.25) is 0 Å². The van der Waals surface area contributed by atoms with Crippen LogP contribution in [-0.4, -0.2) is 59.5 Å². The largest absolute Gasteiger partial charge is 0.378 e. The second kappa shape index (κ2) is 8.49. The molecule has 0 amide bonds. The number of ether oxygens (including phenoxy) is 1. The first-order chi connectivity index (χ1) is 11.4. The average Bonchev–Trinajstić information content (AvgIpc) is 2.55. The minimum atomic E-state index is -3.15. The second-order valence-electron chi connectivity index (χ2n) is 6.84. The highest BCUT2D eigenvalue weighted by atomic mass is 32.2. The molecule has 2 fully saturated rings. The molecule has 0 saturated heterocycles. The molecular formula is C16H32N4O3S. The topological polar surface area (TPSA) is 91.8 Å². The first kappa shape index (κ1) is 19.5. The summed E-state index contributed by atoms with van der Waals surface area (Å²) >= 11 is 0. The Kier molecular flexibility index (Phi) is 6.88. The van der Waals surface area contributed by atoms with Gasteiger partial charge in [0.1, 0.15) is 0 Å². The molecule has 0 aromatic heterocycles. The Morgan fingerprint density at radius 2 is 1.96 bits per heavy atom. The first-order valence-corrected chi connectivity index (χ1v) is 10.8. The van der Waals surface area contributed by atoms with Gasteiger partial charge in [-0.3, -0.25) is 4.99 Å². The van der Waals surface area contributed by atoms with Crippen LogP contribution in [0.3, 0.4) is 0 Å². The first-order valence-electron chi connectivity index (χ1n) is 8.94. The van der Waals surface area contributed by atoms with Gasteiger partial charge in [-0.1, -0.05) is 19.3 Å². The maximum absolute atomic E-state index is 11.1. The number of rotatable bonds is 7. The van der Waals surface area contributed by atoms with Crippen LogP contribution in [0, 0.1) is 5.41 Å². The van der Waals surface area contributed by atoms with E-state index < -0.39 is 10.0 Å². The Bertz CT molecular complexity index is 529. The Morgan fingerprint density at radius 1 is 1.25 bits per heavy atom. The molecule has 24 heavy (non-hydrogen) atoms. The van der Waals surface area contributed by atoms with Crippen LogP contribution in [0.15, 0.2) is 4.99 Å². The number of hydrogen-bond donors (Lipinski definition) is 3. The standard InChI is InChI=1S/C16H32N4O3S/c1-4-23-14-12-13(16(14)8-6-5-7-9-16)20-15(17-2)18-10-11-19-24(3,21)22/h13-14,19H,4-12H2,1-3H3,(H2,17,18,20). The molecule has 2 aliphatic rings. The second-order valence-corrected chi connectivity index (χ2v) is 8.67. The summed E-state index contributed by atoms with van der Waals surface area (Å²) in [6.07, 6.45) is 8.80. The van der Waals surface area contributed by atoms with Crippen molar-refractivity contribution in [2.45, 2.75) is 57.6 Å². The molecule has 0 bridgehead atoms. The van der Waals surface area contributed by atoms with Gasteiger partial charge in [-0.2, -0.15) is 0 Å². The summed E-state index contributed by atoms with van der Waals surface area (Å²) in [7, 11) is -1.41. The molecule has 3 N–H and O–H groups in total. The average molecular weight is 361 g/mol. The number of sulfonamides is 1. The van der Waals surface area contributed by atoms with E-state index in [4.69, 9.17) is 4.74 Å². The van der Waals surface area contributed by atoms with Gasteiger partial charge in [0.05, 0.1) is 12.4 Å². The molecule has 0 aromatic carbocycles. The third-order valence-electron chi connectivity index (χ3n) is 5.25. The molecule has 0 aliphatic heterocycles. The van der Waals surface area contributed by atoms with E-state index in [1.807, 2.05) is 0 Å². The molecular weight excluding hydrogens is 328 g/mol. The van der Waals surface area contributed by atoms with Crippen molar-refractivity contribution >= 4 is 16.0 Å². The van der Waals surface area contributed by atoms with Crippen molar-refractivity contribution in [3.8, 4) is 0 Å². The molecule has 2 rings (SSSR count). The van der Waals surface area contributed by atoms with Gasteiger partial charge in [-0.15, -0.1) is 0 Å². The highest BCUT2D eigenvalue weighted by Gasteiger charge is 2.55. The van der Waals surface area contributed by atoms with Crippen LogP contribution < -0.4 is 15.4 Å². The maximum Gasteiger partial charge on any atom is 0.208 e. The van der Waals surface area contributed by atoms with Gasteiger partial charge in [-0.25, -0.2) is 13.1 Å². The van der Waals surface area contributed by atoms with Gasteiger partial charge in [0, 0.05) is 38.2 Å². The minimum Gasteiger partial charge on any atom is -0.378 e. The number of hydrogen-bond acceptors (Lipinski definition) is 4. The normalized spacial score (nSPS) is 26.9. The van der Waals surface area contributed by atoms with E-state index in [9.17, 15) is 8.42 Å². The molecule has 0 aromatic rings. The Balaban J connectivity index is 1.86. The van der Waals surface area contributed by atoms with Crippen LogP contribution in [0.25, 0.3) is 0 Å². The number of guanidine groups is 1. The summed E-state index contributed by atoms with van der Waals surface area (Å²) in [4.78, 5) is 4.27. The van der Waals surface area contributed by atoms with Crippen molar-refractivity contribution in [1.82, 2.24) is 15.4 Å². The van der Waals surface area contributed by atoms with Crippen LogP contribution in [0.4, 0.5) is 0 Å². The molecule has 2 saturated carbocycles. The lowest BCUT2D eigenvalue weighted by molar-refractivity contribution is -0.145. The van der Waals surface area contributed by atoms with Gasteiger partial charge in [0.2, 0.25) is 10.0 Å². The zero-order chi connectivity index (χ0) is 17.6. The molecule has 8 heteroatoms. The van der Waals surface area contributed by atoms with E-state index in [-0.39, 0.29) is 5.41 Å². The predicted octanol–water partition coefficient (Wildman–Crippen LogP) is 0.829. The molecule has 2 atom stereocenters. The molecule has 140 valence electrons. The summed E-state index contributed by atoms with van der Waals surface area (Å²) in [6.45, 7) is 3.67. The van der Waals surface area contributed by atoms with Gasteiger partial charge >= 0.3 is 0 Å². The SMILES string of the molecule is CCOC1CC(NC(=NC)NCCNS(C)(=O)=O)C12CCCCC2. The molecule has 0 radical (unpaired) electrons. The Morgan fingerprint density at radius 3 is 2.54 bits per heavy atom. The van der Waals surface area contributed by atoms with E-state index in [2.05, 4.69) is 27.3 Å². The van der Waals surface area contributed by atoms with Crippen LogP contribution in [-0.2, 0) is 14.8 Å². The highest BCUT2D eigenvalue weighted by molar-refractivity contribution is 7.88. The molecule has 0 heterocycles. The number of aliphatic imine (C=N–C) groups is 1. The monoisotopic (exact) mass is 360 g/mol. The quantitative estimate of drug-likeness (QED) is 0.355. The third kappa shape index (κ3) is 4.83. The third-order valence-corrected chi connectivity index (χ3v) is 5.98. The fraction of sp³-hybridized carbons (Fsp3) is 0.938. The molecule has 1 spiro atoms. The predicted molar refractivity (Wildman–Crippen MR) is 96.7 cm³/mol. The van der Waals surface area contributed by atoms with E-state index in [0.29, 0.717) is 25.2 Å². The highest BCUT2D eigenvalue weighted by Crippen LogP contribution is 2.53. The van der Waals surface area contributed by atoms with Gasteiger partial charge in [0.15, 0.2) is 5.96 Å². The fourth-order valence-corrected chi connectivity index (χ4v) is 4.52. The summed E-state index contributed by atoms with van der Waals surface area (Å²) in [5.74, 6) is 0.732. The summed E-state index contributed by atoms with van der Waals surface area (Å²) in [5.41, 5.74) is 0.233. The Labute approximate surface area is 146 Å². The van der Waals surface area contributed by atoms with E-state index in [1.165, 1.54) is 32.1 Å². The van der Waals surface area contributed by atoms with E-state index in [1.54, 1.807) is 7.05 Å². The summed E-state index contributed by atoms with van der Waals surface area (Å²) < 4.78 is 30.6. The fourth-order valence-electron chi connectivity index (χ4n) is 4.04. The zero-order valence-corrected chi connectivity index (χ0v) is 15.9. The van der Waals surface area contributed by atoms with Crippen molar-refractivity contribution in [3.63, 3.8) is 0 Å². The lowest BCUT2D eigenvalue weighted by Gasteiger charge is -2.57. The van der Waals surface area contributed by atoms with Crippen molar-refractivity contribution in [3.05, 3.63) is 0 Å². The van der Waals surface area contributed by atoms with Crippen LogP contribution >= 0.6 is 0 Å². The molecule has 7 nitrogen and oxygen atoms in total. The lowest BCUT2D eigenvalue weighted by Crippen LogP contribution is -2.66. The van der Waals surface area contributed by atoms with Gasteiger partial charge in [0.25, 0.3) is 0 Å². The van der Waals surface area contributed by atoms with Crippen molar-refractivity contribution < 1.29 is 13.2 Å². The zero-order valence-electron chi connectivity index (χ0n) is 15.1. The minimum absolute atomic E-state index is 0.233. The maximum atomic E-state index is 11.1. The molecule has 2 aliphatic carbocycles. The van der Waals surface area contributed by atoms with Crippen LogP contribution in [0.1, 0.15) is 45.4 Å². The van der Waals surface area contributed by atoms with Crippen molar-refractivity contribution in [2.75, 3.05) is 33.0 Å². The number of nitrogens with zero attached hydrogens (tertiary/aromatic N) is 1. The summed E-state index contributed by atoms with van der Waals surface area (Å²) in [6, 6.07) is 0.378. The lowest BCUT2D eigenvalue weighted by atomic mass is 9.55. The van der Waals surface area contributed by atoms with Crippen LogP contribution in [0.5, 0.6) is 0 Å². The smallest absolute Gasteiger partial charge is 0.208 e. The number of nitrogens with one attached hydrogen (secondary N) is 3. The van der Waals surface area contributed by atoms with E-state index >= 15 is 0 Å². The van der Waals surface area contributed by atoms with Gasteiger partial charge < -0.3 is 15.4 Å². The van der Waals surface area contributed by atoms with E-state index in [0.717, 1.165) is 25.2 Å². The Hall–Kier alpha value is -0.860.